The van der Waals surface area contributed by atoms with E-state index in [1.165, 1.54) is 36.8 Å². The largest absolute Gasteiger partial charge is 0.326 e. The van der Waals surface area contributed by atoms with Gasteiger partial charge in [-0.3, -0.25) is 4.72 Å². The lowest BCUT2D eigenvalue weighted by molar-refractivity contribution is 0.601. The molecule has 1 N–H and O–H groups in total. The third-order valence-corrected chi connectivity index (χ3v) is 6.70. The number of nitriles is 1. The lowest BCUT2D eigenvalue weighted by Crippen LogP contribution is -2.13. The van der Waals surface area contributed by atoms with Crippen LogP contribution in [0.15, 0.2) is 84.1 Å². The van der Waals surface area contributed by atoms with Crippen LogP contribution in [0.4, 0.5) is 10.2 Å². The van der Waals surface area contributed by atoms with Crippen molar-refractivity contribution in [2.45, 2.75) is 11.4 Å². The Bertz CT molecular complexity index is 1660. The molecule has 0 aliphatic rings. The highest BCUT2D eigenvalue weighted by molar-refractivity contribution is 7.92. The van der Waals surface area contributed by atoms with E-state index in [-0.39, 0.29) is 23.1 Å². The van der Waals surface area contributed by atoms with Gasteiger partial charge in [0.25, 0.3) is 10.0 Å². The normalized spacial score (nSPS) is 11.5. The maximum atomic E-state index is 13.8. The molecule has 2 aromatic heterocycles. The van der Waals surface area contributed by atoms with Gasteiger partial charge in [0.15, 0.2) is 0 Å². The van der Waals surface area contributed by atoms with Crippen LogP contribution >= 0.6 is 0 Å². The zero-order chi connectivity index (χ0) is 23.0. The molecule has 0 unspecified atom stereocenters. The second kappa shape index (κ2) is 8.00. The number of halogens is 1. The third-order valence-electron chi connectivity index (χ3n) is 5.35. The molecular formula is C24H16FN5O2S. The van der Waals surface area contributed by atoms with Crippen LogP contribution in [0.3, 0.4) is 0 Å². The lowest BCUT2D eigenvalue weighted by atomic mass is 10.0. The summed E-state index contributed by atoms with van der Waals surface area (Å²) in [4.78, 5) is 7.77. The molecule has 0 fully saturated rings. The standard InChI is InChI=1S/C24H16FN5O2S/c25-18-4-7-22-17(12-18)14-23(30(22)11-9-26)21-3-1-2-16-13-19(5-6-20(16)21)33(31,32)29-24-8-10-27-15-28-24/h1-8,10,12-15H,11H2,(H,27,28,29). The first-order chi connectivity index (χ1) is 16.0. The van der Waals surface area contributed by atoms with Crippen molar-refractivity contribution in [3.8, 4) is 17.3 Å². The van der Waals surface area contributed by atoms with Gasteiger partial charge in [0.1, 0.15) is 24.5 Å². The molecule has 0 aliphatic carbocycles. The number of anilines is 1. The highest BCUT2D eigenvalue weighted by atomic mass is 32.2. The van der Waals surface area contributed by atoms with Gasteiger partial charge in [0.2, 0.25) is 0 Å². The highest BCUT2D eigenvalue weighted by Gasteiger charge is 2.18. The maximum Gasteiger partial charge on any atom is 0.263 e. The molecule has 9 heteroatoms. The summed E-state index contributed by atoms with van der Waals surface area (Å²) in [7, 11) is -3.85. The molecule has 5 aromatic rings. The van der Waals surface area contributed by atoms with Gasteiger partial charge >= 0.3 is 0 Å². The van der Waals surface area contributed by atoms with Gasteiger partial charge in [0.05, 0.1) is 16.7 Å². The first kappa shape index (κ1) is 20.6. The highest BCUT2D eigenvalue weighted by Crippen LogP contribution is 2.34. The Balaban J connectivity index is 1.64. The fourth-order valence-corrected chi connectivity index (χ4v) is 4.95. The van der Waals surface area contributed by atoms with Crippen molar-refractivity contribution in [1.29, 1.82) is 5.26 Å². The number of nitrogens with zero attached hydrogens (tertiary/aromatic N) is 4. The molecule has 0 bridgehead atoms. The van der Waals surface area contributed by atoms with Crippen LogP contribution in [-0.4, -0.2) is 23.0 Å². The second-order valence-electron chi connectivity index (χ2n) is 7.37. The van der Waals surface area contributed by atoms with Gasteiger partial charge < -0.3 is 4.57 Å². The van der Waals surface area contributed by atoms with Crippen LogP contribution < -0.4 is 4.72 Å². The molecule has 0 amide bonds. The van der Waals surface area contributed by atoms with E-state index in [2.05, 4.69) is 20.8 Å². The Morgan fingerprint density at radius 2 is 1.91 bits per heavy atom. The topological polar surface area (TPSA) is 101 Å². The van der Waals surface area contributed by atoms with Crippen LogP contribution in [-0.2, 0) is 16.6 Å². The summed E-state index contributed by atoms with van der Waals surface area (Å²) in [5.41, 5.74) is 2.31. The van der Waals surface area contributed by atoms with E-state index in [0.29, 0.717) is 10.8 Å². The quantitative estimate of drug-likeness (QED) is 0.412. The first-order valence-electron chi connectivity index (χ1n) is 9.94. The van der Waals surface area contributed by atoms with Crippen LogP contribution in [0.1, 0.15) is 0 Å². The van der Waals surface area contributed by atoms with E-state index in [1.54, 1.807) is 18.2 Å². The molecule has 0 atom stereocenters. The summed E-state index contributed by atoms with van der Waals surface area (Å²) in [6.07, 6.45) is 2.71. The van der Waals surface area contributed by atoms with Crippen molar-refractivity contribution >= 4 is 37.5 Å². The van der Waals surface area contributed by atoms with Gasteiger partial charge in [-0.15, -0.1) is 0 Å². The molecule has 0 spiro atoms. The molecular weight excluding hydrogens is 441 g/mol. The maximum absolute atomic E-state index is 13.8. The molecule has 5 rings (SSSR count). The summed E-state index contributed by atoms with van der Waals surface area (Å²) >= 11 is 0. The minimum absolute atomic E-state index is 0.0883. The SMILES string of the molecule is N#CCn1c(-c2cccc3cc(S(=O)(=O)Nc4ccncn4)ccc23)cc2cc(F)ccc21. The Morgan fingerprint density at radius 1 is 1.03 bits per heavy atom. The van der Waals surface area contributed by atoms with Crippen LogP contribution in [0.5, 0.6) is 0 Å². The van der Waals surface area contributed by atoms with E-state index in [1.807, 2.05) is 28.8 Å². The second-order valence-corrected chi connectivity index (χ2v) is 9.05. The van der Waals surface area contributed by atoms with Gasteiger partial charge in [-0.2, -0.15) is 5.26 Å². The predicted octanol–water partition coefficient (Wildman–Crippen LogP) is 4.71. The Hall–Kier alpha value is -4.29. The molecule has 7 nitrogen and oxygen atoms in total. The molecule has 3 aromatic carbocycles. The molecule has 33 heavy (non-hydrogen) atoms. The Labute approximate surface area is 188 Å². The Morgan fingerprint density at radius 3 is 2.70 bits per heavy atom. The molecule has 0 aliphatic heterocycles. The van der Waals surface area contributed by atoms with Crippen molar-refractivity contribution in [3.05, 3.63) is 85.1 Å². The van der Waals surface area contributed by atoms with Crippen LogP contribution in [0.2, 0.25) is 0 Å². The van der Waals surface area contributed by atoms with E-state index < -0.39 is 10.0 Å². The summed E-state index contributed by atoms with van der Waals surface area (Å²) < 4.78 is 43.7. The number of hydrogen-bond acceptors (Lipinski definition) is 5. The lowest BCUT2D eigenvalue weighted by Gasteiger charge is -2.12. The monoisotopic (exact) mass is 457 g/mol. The fourth-order valence-electron chi connectivity index (χ4n) is 3.91. The molecule has 162 valence electrons. The minimum Gasteiger partial charge on any atom is -0.326 e. The average molecular weight is 457 g/mol. The minimum atomic E-state index is -3.85. The number of fused-ring (bicyclic) bond motifs is 2. The number of nitrogens with one attached hydrogen (secondary N) is 1. The van der Waals surface area contributed by atoms with Crippen molar-refractivity contribution in [2.24, 2.45) is 0 Å². The van der Waals surface area contributed by atoms with Gasteiger partial charge in [-0.05, 0) is 53.2 Å². The zero-order valence-corrected chi connectivity index (χ0v) is 17.9. The fraction of sp³-hybridized carbons (Fsp3) is 0.0417. The predicted molar refractivity (Wildman–Crippen MR) is 123 cm³/mol. The average Bonchev–Trinajstić information content (AvgIpc) is 3.16. The van der Waals surface area contributed by atoms with Crippen molar-refractivity contribution in [1.82, 2.24) is 14.5 Å². The molecule has 0 radical (unpaired) electrons. The van der Waals surface area contributed by atoms with Crippen molar-refractivity contribution < 1.29 is 12.8 Å². The Kier molecular flexibility index (Phi) is 4.99. The summed E-state index contributed by atoms with van der Waals surface area (Å²) in [5, 5.41) is 11.6. The number of rotatable bonds is 5. The number of hydrogen-bond donors (Lipinski definition) is 1. The van der Waals surface area contributed by atoms with E-state index in [4.69, 9.17) is 0 Å². The van der Waals surface area contributed by atoms with E-state index in [9.17, 15) is 18.1 Å². The summed E-state index contributed by atoms with van der Waals surface area (Å²) in [5.74, 6) is -0.181. The molecule has 0 saturated heterocycles. The van der Waals surface area contributed by atoms with E-state index >= 15 is 0 Å². The number of sulfonamides is 1. The third kappa shape index (κ3) is 3.77. The summed E-state index contributed by atoms with van der Waals surface area (Å²) in [6.45, 7) is 0.0934. The summed E-state index contributed by atoms with van der Waals surface area (Å²) in [6, 6.07) is 20.3. The van der Waals surface area contributed by atoms with Crippen LogP contribution in [0, 0.1) is 17.1 Å². The molecule has 0 saturated carbocycles. The smallest absolute Gasteiger partial charge is 0.263 e. The number of benzene rings is 3. The van der Waals surface area contributed by atoms with Crippen LogP contribution in [0.25, 0.3) is 32.9 Å². The van der Waals surface area contributed by atoms with Crippen molar-refractivity contribution in [3.63, 3.8) is 0 Å². The van der Waals surface area contributed by atoms with Gasteiger partial charge in [0, 0.05) is 22.7 Å². The zero-order valence-electron chi connectivity index (χ0n) is 17.1. The first-order valence-corrected chi connectivity index (χ1v) is 11.4. The van der Waals surface area contributed by atoms with Gasteiger partial charge in [-0.1, -0.05) is 24.3 Å². The van der Waals surface area contributed by atoms with E-state index in [0.717, 1.165) is 22.2 Å². The van der Waals surface area contributed by atoms with Crippen molar-refractivity contribution in [2.75, 3.05) is 4.72 Å². The molecule has 2 heterocycles. The number of aromatic nitrogens is 3. The van der Waals surface area contributed by atoms with Gasteiger partial charge in [-0.25, -0.2) is 22.8 Å².